The lowest BCUT2D eigenvalue weighted by Gasteiger charge is -2.20. The van der Waals surface area contributed by atoms with Crippen molar-refractivity contribution in [3.63, 3.8) is 0 Å². The van der Waals surface area contributed by atoms with Gasteiger partial charge in [-0.1, -0.05) is 107 Å². The van der Waals surface area contributed by atoms with Gasteiger partial charge in [-0.2, -0.15) is 0 Å². The number of unbranched alkanes of at least 4 members (excludes halogenated alkanes) is 11. The first-order valence-electron chi connectivity index (χ1n) is 15.4. The van der Waals surface area contributed by atoms with E-state index in [4.69, 9.17) is 0 Å². The van der Waals surface area contributed by atoms with Gasteiger partial charge in [0.25, 0.3) is 0 Å². The second-order valence-electron chi connectivity index (χ2n) is 10.3. The molecule has 38 heavy (non-hydrogen) atoms. The van der Waals surface area contributed by atoms with Crippen LogP contribution in [0, 0.1) is 0 Å². The lowest BCUT2D eigenvalue weighted by Crippen LogP contribution is -2.45. The molecule has 0 saturated heterocycles. The van der Waals surface area contributed by atoms with Gasteiger partial charge in [-0.25, -0.2) is 0 Å². The van der Waals surface area contributed by atoms with Gasteiger partial charge in [-0.3, -0.25) is 4.79 Å². The maximum atomic E-state index is 12.3. The zero-order valence-electron chi connectivity index (χ0n) is 24.5. The van der Waals surface area contributed by atoms with E-state index in [2.05, 4.69) is 55.6 Å². The first-order valence-corrected chi connectivity index (χ1v) is 15.4. The van der Waals surface area contributed by atoms with E-state index in [-0.39, 0.29) is 18.9 Å². The maximum absolute atomic E-state index is 12.3. The summed E-state index contributed by atoms with van der Waals surface area (Å²) in [6, 6.07) is -0.772. The number of aliphatic hydroxyl groups is 3. The highest BCUT2D eigenvalue weighted by molar-refractivity contribution is 5.76. The van der Waals surface area contributed by atoms with Crippen LogP contribution in [0.25, 0.3) is 0 Å². The number of amides is 1. The number of carbonyl (C=O) groups excluding carboxylic acids is 1. The zero-order valence-corrected chi connectivity index (χ0v) is 24.5. The van der Waals surface area contributed by atoms with E-state index in [0.29, 0.717) is 6.42 Å². The number of aliphatic hydroxyl groups excluding tert-OH is 3. The Hall–Kier alpha value is -1.69. The number of allylic oxidation sites excluding steroid dienone is 7. The molecule has 1 amide bonds. The lowest BCUT2D eigenvalue weighted by atomic mass is 10.1. The molecule has 0 rings (SSSR count). The summed E-state index contributed by atoms with van der Waals surface area (Å²) in [5.41, 5.74) is 0. The molecule has 0 aliphatic carbocycles. The first-order chi connectivity index (χ1) is 18.5. The van der Waals surface area contributed by atoms with E-state index in [1.54, 1.807) is 6.08 Å². The fourth-order valence-electron chi connectivity index (χ4n) is 4.12. The molecule has 3 atom stereocenters. The Morgan fingerprint density at radius 1 is 0.658 bits per heavy atom. The first kappa shape index (κ1) is 36.3. The Balaban J connectivity index is 3.96. The minimum absolute atomic E-state index is 0.0208. The molecule has 5 heteroatoms. The molecule has 220 valence electrons. The summed E-state index contributed by atoms with van der Waals surface area (Å²) in [6.07, 6.45) is 33.7. The molecule has 0 aliphatic rings. The largest absolute Gasteiger partial charge is 0.394 e. The molecule has 0 saturated carbocycles. The van der Waals surface area contributed by atoms with Crippen LogP contribution in [0.2, 0.25) is 0 Å². The van der Waals surface area contributed by atoms with E-state index in [0.717, 1.165) is 44.9 Å². The van der Waals surface area contributed by atoms with Crippen molar-refractivity contribution in [2.75, 3.05) is 6.61 Å². The fraction of sp³-hybridized carbons (Fsp3) is 0.727. The average molecular weight is 534 g/mol. The summed E-state index contributed by atoms with van der Waals surface area (Å²) in [5.74, 6) is -0.353. The van der Waals surface area contributed by atoms with E-state index in [1.807, 2.05) is 6.08 Å². The van der Waals surface area contributed by atoms with Crippen molar-refractivity contribution in [3.8, 4) is 0 Å². The van der Waals surface area contributed by atoms with Gasteiger partial charge in [0.1, 0.15) is 0 Å². The van der Waals surface area contributed by atoms with Crippen molar-refractivity contribution in [3.05, 3.63) is 48.6 Å². The quantitative estimate of drug-likeness (QED) is 0.0686. The van der Waals surface area contributed by atoms with Crippen LogP contribution in [0.5, 0.6) is 0 Å². The third-order valence-corrected chi connectivity index (χ3v) is 6.57. The number of hydrogen-bond donors (Lipinski definition) is 4. The van der Waals surface area contributed by atoms with Gasteiger partial charge < -0.3 is 20.6 Å². The highest BCUT2D eigenvalue weighted by atomic mass is 16.3. The molecule has 0 aromatic rings. The molecule has 0 radical (unpaired) electrons. The lowest BCUT2D eigenvalue weighted by molar-refractivity contribution is -0.124. The van der Waals surface area contributed by atoms with Crippen molar-refractivity contribution in [1.82, 2.24) is 5.32 Å². The van der Waals surface area contributed by atoms with Gasteiger partial charge >= 0.3 is 0 Å². The standard InChI is InChI=1S/C33H59NO4/c1-3-5-7-9-11-13-15-17-19-21-23-25-27-32(37)31(29-35)34-33(38)28-30(36)26-24-22-20-18-16-14-12-10-8-6-4-2/h9,11,17-20,25,27,30-32,35-37H,3-8,10,12-16,21-24,26,28-29H2,1-2H3,(H,34,38)/b11-9+,19-17+,20-18-,27-25+. The summed E-state index contributed by atoms with van der Waals surface area (Å²) in [6.45, 7) is 4.08. The van der Waals surface area contributed by atoms with Crippen LogP contribution >= 0.6 is 0 Å². The molecule has 0 aromatic heterocycles. The predicted octanol–water partition coefficient (Wildman–Crippen LogP) is 7.47. The van der Waals surface area contributed by atoms with Gasteiger partial charge in [0, 0.05) is 0 Å². The molecule has 5 nitrogen and oxygen atoms in total. The van der Waals surface area contributed by atoms with Crippen LogP contribution in [0.4, 0.5) is 0 Å². The molecule has 0 heterocycles. The molecule has 0 aromatic carbocycles. The monoisotopic (exact) mass is 533 g/mol. The van der Waals surface area contributed by atoms with E-state index in [1.165, 1.54) is 57.8 Å². The maximum Gasteiger partial charge on any atom is 0.222 e. The van der Waals surface area contributed by atoms with Gasteiger partial charge in [0.05, 0.1) is 31.3 Å². The minimum atomic E-state index is -0.963. The Labute approximate surface area is 234 Å². The Kier molecular flexibility index (Phi) is 27.1. The van der Waals surface area contributed by atoms with E-state index < -0.39 is 18.2 Å². The van der Waals surface area contributed by atoms with Crippen LogP contribution in [0.3, 0.4) is 0 Å². The summed E-state index contributed by atoms with van der Waals surface area (Å²) in [4.78, 5) is 12.3. The van der Waals surface area contributed by atoms with Crippen molar-refractivity contribution in [2.45, 2.75) is 148 Å². The third kappa shape index (κ3) is 24.6. The van der Waals surface area contributed by atoms with E-state index >= 15 is 0 Å². The summed E-state index contributed by atoms with van der Waals surface area (Å²) >= 11 is 0. The molecular weight excluding hydrogens is 474 g/mol. The Morgan fingerprint density at radius 2 is 1.16 bits per heavy atom. The zero-order chi connectivity index (χ0) is 28.1. The van der Waals surface area contributed by atoms with Crippen LogP contribution in [0.1, 0.15) is 129 Å². The smallest absolute Gasteiger partial charge is 0.222 e. The Morgan fingerprint density at radius 3 is 1.76 bits per heavy atom. The summed E-state index contributed by atoms with van der Waals surface area (Å²) in [7, 11) is 0. The van der Waals surface area contributed by atoms with Gasteiger partial charge in [-0.15, -0.1) is 0 Å². The number of carbonyl (C=O) groups is 1. The number of rotatable bonds is 26. The molecule has 4 N–H and O–H groups in total. The molecule has 0 spiro atoms. The predicted molar refractivity (Wildman–Crippen MR) is 162 cm³/mol. The third-order valence-electron chi connectivity index (χ3n) is 6.57. The van der Waals surface area contributed by atoms with E-state index in [9.17, 15) is 20.1 Å². The van der Waals surface area contributed by atoms with Crippen LogP contribution in [0.15, 0.2) is 48.6 Å². The average Bonchev–Trinajstić information content (AvgIpc) is 2.90. The SMILES string of the molecule is CCCC/C=C/CC/C=C/CC/C=C/C(O)C(CO)NC(=O)CC(O)CCC/C=C\CCCCCCCC. The molecule has 3 unspecified atom stereocenters. The van der Waals surface area contributed by atoms with Gasteiger partial charge in [0.2, 0.25) is 5.91 Å². The molecule has 0 bridgehead atoms. The van der Waals surface area contributed by atoms with Crippen molar-refractivity contribution >= 4 is 5.91 Å². The molecular formula is C33H59NO4. The second-order valence-corrected chi connectivity index (χ2v) is 10.3. The van der Waals surface area contributed by atoms with Crippen LogP contribution < -0.4 is 5.32 Å². The summed E-state index contributed by atoms with van der Waals surface area (Å²) < 4.78 is 0. The van der Waals surface area contributed by atoms with Crippen LogP contribution in [-0.4, -0.2) is 46.1 Å². The van der Waals surface area contributed by atoms with Crippen molar-refractivity contribution < 1.29 is 20.1 Å². The van der Waals surface area contributed by atoms with Gasteiger partial charge in [-0.05, 0) is 64.2 Å². The van der Waals surface area contributed by atoms with Crippen molar-refractivity contribution in [2.24, 2.45) is 0 Å². The van der Waals surface area contributed by atoms with Crippen LogP contribution in [-0.2, 0) is 4.79 Å². The number of hydrogen-bond acceptors (Lipinski definition) is 4. The van der Waals surface area contributed by atoms with Gasteiger partial charge in [0.15, 0.2) is 0 Å². The van der Waals surface area contributed by atoms with Crippen molar-refractivity contribution in [1.29, 1.82) is 0 Å². The molecule has 0 aliphatic heterocycles. The topological polar surface area (TPSA) is 89.8 Å². The minimum Gasteiger partial charge on any atom is -0.394 e. The highest BCUT2D eigenvalue weighted by Gasteiger charge is 2.19. The Bertz CT molecular complexity index is 641. The second kappa shape index (κ2) is 28.3. The normalized spacial score (nSPS) is 14.8. The summed E-state index contributed by atoms with van der Waals surface area (Å²) in [5, 5.41) is 32.7. The highest BCUT2D eigenvalue weighted by Crippen LogP contribution is 2.10. The molecule has 0 fully saturated rings. The number of nitrogens with one attached hydrogen (secondary N) is 1. The fourth-order valence-corrected chi connectivity index (χ4v) is 4.12.